The van der Waals surface area contributed by atoms with Gasteiger partial charge >= 0.3 is 0 Å². The minimum Gasteiger partial charge on any atom is -0.310 e. The first-order chi connectivity index (χ1) is 23.5. The largest absolute Gasteiger partial charge is 0.310 e. The second kappa shape index (κ2) is 13.2. The first-order valence-corrected chi connectivity index (χ1v) is 16.9. The van der Waals surface area contributed by atoms with Crippen LogP contribution in [0.4, 0.5) is 17.1 Å². The molecule has 0 saturated carbocycles. The predicted molar refractivity (Wildman–Crippen MR) is 211 cm³/mol. The van der Waals surface area contributed by atoms with E-state index in [1.54, 1.807) is 0 Å². The molecule has 1 unspecified atom stereocenters. The van der Waals surface area contributed by atoms with Gasteiger partial charge in [-0.2, -0.15) is 0 Å². The molecule has 1 nitrogen and oxygen atoms in total. The van der Waals surface area contributed by atoms with E-state index in [9.17, 15) is 0 Å². The Labute approximate surface area is 285 Å². The molecular formula is C47H41N. The maximum absolute atomic E-state index is 4.15. The van der Waals surface area contributed by atoms with Gasteiger partial charge in [0.15, 0.2) is 0 Å². The number of anilines is 3. The van der Waals surface area contributed by atoms with Crippen LogP contribution in [0.3, 0.4) is 0 Å². The highest BCUT2D eigenvalue weighted by Gasteiger charge is 2.20. The minimum atomic E-state index is 0.376. The maximum Gasteiger partial charge on any atom is 0.0468 e. The Bertz CT molecular complexity index is 2240. The fourth-order valence-corrected chi connectivity index (χ4v) is 7.29. The van der Waals surface area contributed by atoms with Gasteiger partial charge in [-0.1, -0.05) is 136 Å². The number of rotatable bonds is 9. The van der Waals surface area contributed by atoms with Crippen molar-refractivity contribution in [2.75, 3.05) is 4.90 Å². The van der Waals surface area contributed by atoms with Crippen LogP contribution in [0.15, 0.2) is 153 Å². The molecule has 0 radical (unpaired) electrons. The van der Waals surface area contributed by atoms with Gasteiger partial charge in [-0.3, -0.25) is 0 Å². The third-order valence-electron chi connectivity index (χ3n) is 9.78. The molecule has 0 bridgehead atoms. The predicted octanol–water partition coefficient (Wildman–Crippen LogP) is 13.9. The Morgan fingerprint density at radius 1 is 0.604 bits per heavy atom. The number of hydrogen-bond donors (Lipinski definition) is 0. The van der Waals surface area contributed by atoms with Crippen LogP contribution in [0.5, 0.6) is 0 Å². The molecule has 0 aliphatic carbocycles. The fraction of sp³-hybridized carbons (Fsp3) is 0.106. The SMILES string of the molecule is C=Cc1cc(C)c2c(-c3cccc(-c4ccc5cc(N(c6ccccc6)c6ccccc6)ccc5c4)c3C(C)CC)cccc2c1C=C. The van der Waals surface area contributed by atoms with E-state index in [0.29, 0.717) is 5.92 Å². The van der Waals surface area contributed by atoms with E-state index in [0.717, 1.165) is 34.6 Å². The van der Waals surface area contributed by atoms with Crippen molar-refractivity contribution in [1.82, 2.24) is 0 Å². The van der Waals surface area contributed by atoms with Crippen molar-refractivity contribution in [1.29, 1.82) is 0 Å². The van der Waals surface area contributed by atoms with E-state index in [1.165, 1.54) is 54.9 Å². The summed E-state index contributed by atoms with van der Waals surface area (Å²) in [5.74, 6) is 0.376. The Morgan fingerprint density at radius 3 is 1.90 bits per heavy atom. The van der Waals surface area contributed by atoms with Crippen LogP contribution >= 0.6 is 0 Å². The summed E-state index contributed by atoms with van der Waals surface area (Å²) in [7, 11) is 0. The Kier molecular flexibility index (Phi) is 8.53. The van der Waals surface area contributed by atoms with Gasteiger partial charge in [-0.05, 0) is 128 Å². The molecule has 1 atom stereocenters. The minimum absolute atomic E-state index is 0.376. The third kappa shape index (κ3) is 5.52. The lowest BCUT2D eigenvalue weighted by atomic mass is 9.81. The van der Waals surface area contributed by atoms with Gasteiger partial charge < -0.3 is 4.90 Å². The number of fused-ring (bicyclic) bond motifs is 2. The summed E-state index contributed by atoms with van der Waals surface area (Å²) in [6.45, 7) is 15.1. The van der Waals surface area contributed by atoms with Crippen LogP contribution < -0.4 is 4.90 Å². The zero-order valence-electron chi connectivity index (χ0n) is 28.1. The van der Waals surface area contributed by atoms with E-state index >= 15 is 0 Å². The molecule has 1 heteroatoms. The summed E-state index contributed by atoms with van der Waals surface area (Å²) in [6.07, 6.45) is 4.96. The van der Waals surface area contributed by atoms with E-state index in [1.807, 2.05) is 12.2 Å². The lowest BCUT2D eigenvalue weighted by Gasteiger charge is -2.26. The summed E-state index contributed by atoms with van der Waals surface area (Å²) >= 11 is 0. The van der Waals surface area contributed by atoms with Crippen molar-refractivity contribution in [3.05, 3.63) is 175 Å². The molecule has 0 aliphatic heterocycles. The quantitative estimate of drug-likeness (QED) is 0.155. The summed E-state index contributed by atoms with van der Waals surface area (Å²) in [6, 6.07) is 50.7. The van der Waals surface area contributed by atoms with Gasteiger partial charge in [-0.25, -0.2) is 0 Å². The van der Waals surface area contributed by atoms with Crippen molar-refractivity contribution >= 4 is 50.8 Å². The molecular weight excluding hydrogens is 579 g/mol. The van der Waals surface area contributed by atoms with Crippen molar-refractivity contribution in [3.63, 3.8) is 0 Å². The monoisotopic (exact) mass is 619 g/mol. The third-order valence-corrected chi connectivity index (χ3v) is 9.78. The molecule has 234 valence electrons. The summed E-state index contributed by atoms with van der Waals surface area (Å²) in [5.41, 5.74) is 13.4. The molecule has 7 aromatic carbocycles. The topological polar surface area (TPSA) is 3.24 Å². The second-order valence-electron chi connectivity index (χ2n) is 12.7. The number of benzene rings is 7. The zero-order valence-corrected chi connectivity index (χ0v) is 28.1. The van der Waals surface area contributed by atoms with Crippen molar-refractivity contribution in [3.8, 4) is 22.3 Å². The molecule has 0 amide bonds. The molecule has 0 N–H and O–H groups in total. The highest BCUT2D eigenvalue weighted by atomic mass is 15.1. The molecule has 0 spiro atoms. The molecule has 7 aromatic rings. The van der Waals surface area contributed by atoms with Gasteiger partial charge in [0.25, 0.3) is 0 Å². The van der Waals surface area contributed by atoms with Crippen molar-refractivity contribution in [2.45, 2.75) is 33.1 Å². The summed E-state index contributed by atoms with van der Waals surface area (Å²) in [4.78, 5) is 2.32. The van der Waals surface area contributed by atoms with Crippen LogP contribution in [0, 0.1) is 6.92 Å². The van der Waals surface area contributed by atoms with Crippen LogP contribution in [0.2, 0.25) is 0 Å². The average molecular weight is 620 g/mol. The van der Waals surface area contributed by atoms with E-state index in [-0.39, 0.29) is 0 Å². The Hall–Kier alpha value is -5.66. The lowest BCUT2D eigenvalue weighted by molar-refractivity contribution is 0.737. The first-order valence-electron chi connectivity index (χ1n) is 16.9. The van der Waals surface area contributed by atoms with Gasteiger partial charge in [0.1, 0.15) is 0 Å². The number of hydrogen-bond acceptors (Lipinski definition) is 1. The van der Waals surface area contributed by atoms with Gasteiger partial charge in [0.2, 0.25) is 0 Å². The van der Waals surface area contributed by atoms with Gasteiger partial charge in [0.05, 0.1) is 0 Å². The van der Waals surface area contributed by atoms with Crippen LogP contribution in [0.25, 0.3) is 56.0 Å². The Balaban J connectivity index is 1.37. The van der Waals surface area contributed by atoms with Crippen LogP contribution in [0.1, 0.15) is 48.4 Å². The van der Waals surface area contributed by atoms with E-state index in [2.05, 4.69) is 178 Å². The molecule has 0 aromatic heterocycles. The summed E-state index contributed by atoms with van der Waals surface area (Å²) < 4.78 is 0. The van der Waals surface area contributed by atoms with Crippen molar-refractivity contribution in [2.24, 2.45) is 0 Å². The average Bonchev–Trinajstić information content (AvgIpc) is 3.14. The van der Waals surface area contributed by atoms with Gasteiger partial charge in [-0.15, -0.1) is 0 Å². The first kappa shape index (κ1) is 31.0. The standard InChI is InChI=1S/C47H41N/c1-6-32(4)46-42(21-15-23-44(46)45-24-16-22-43-41(8-3)34(7-2)29-33(5)47(43)45)37-26-25-36-31-40(28-27-35(36)30-37)48(38-17-11-9-12-18-38)39-19-13-10-14-20-39/h7-32H,2-3,6H2,1,4-5H3. The molecule has 0 aliphatic rings. The smallest absolute Gasteiger partial charge is 0.0468 e. The van der Waals surface area contributed by atoms with Gasteiger partial charge in [0, 0.05) is 17.1 Å². The molecule has 7 rings (SSSR count). The van der Waals surface area contributed by atoms with Crippen molar-refractivity contribution < 1.29 is 0 Å². The number of aryl methyl sites for hydroxylation is 1. The lowest BCUT2D eigenvalue weighted by Crippen LogP contribution is -2.09. The highest BCUT2D eigenvalue weighted by Crippen LogP contribution is 2.44. The van der Waals surface area contributed by atoms with Crippen LogP contribution in [-0.2, 0) is 0 Å². The second-order valence-corrected chi connectivity index (χ2v) is 12.7. The molecule has 0 saturated heterocycles. The molecule has 0 heterocycles. The number of nitrogens with zero attached hydrogens (tertiary/aromatic N) is 1. The zero-order chi connectivity index (χ0) is 33.2. The fourth-order valence-electron chi connectivity index (χ4n) is 7.29. The molecule has 0 fully saturated rings. The normalized spacial score (nSPS) is 11.8. The Morgan fingerprint density at radius 2 is 1.23 bits per heavy atom. The molecule has 48 heavy (non-hydrogen) atoms. The highest BCUT2D eigenvalue weighted by molar-refractivity contribution is 6.05. The van der Waals surface area contributed by atoms with E-state index in [4.69, 9.17) is 0 Å². The van der Waals surface area contributed by atoms with Crippen LogP contribution in [-0.4, -0.2) is 0 Å². The number of para-hydroxylation sites is 2. The summed E-state index contributed by atoms with van der Waals surface area (Å²) in [5, 5.41) is 4.95. The van der Waals surface area contributed by atoms with E-state index < -0.39 is 0 Å². The maximum atomic E-state index is 4.15.